The highest BCUT2D eigenvalue weighted by Crippen LogP contribution is 2.24. The molecule has 23 heavy (non-hydrogen) atoms. The molecule has 4 nitrogen and oxygen atoms in total. The Hall–Kier alpha value is -2.88. The van der Waals surface area contributed by atoms with Crippen molar-refractivity contribution in [2.24, 2.45) is 0 Å². The Kier molecular flexibility index (Phi) is 4.24. The van der Waals surface area contributed by atoms with Crippen molar-refractivity contribution in [2.45, 2.75) is 20.4 Å². The Morgan fingerprint density at radius 2 is 1.83 bits per heavy atom. The van der Waals surface area contributed by atoms with Crippen LogP contribution in [0.4, 0.5) is 0 Å². The van der Waals surface area contributed by atoms with Gasteiger partial charge in [0, 0.05) is 18.0 Å². The largest absolute Gasteiger partial charge is 0.457 e. The Morgan fingerprint density at radius 3 is 2.48 bits per heavy atom. The maximum absolute atomic E-state index is 12.3. The molecule has 0 unspecified atom stereocenters. The highest BCUT2D eigenvalue weighted by atomic mass is 16.5. The molecule has 0 N–H and O–H groups in total. The lowest BCUT2D eigenvalue weighted by molar-refractivity contribution is 0.0967. The second-order valence-electron chi connectivity index (χ2n) is 5.52. The Labute approximate surface area is 135 Å². The van der Waals surface area contributed by atoms with Gasteiger partial charge in [-0.3, -0.25) is 9.48 Å². The van der Waals surface area contributed by atoms with E-state index in [0.717, 1.165) is 17.1 Å². The molecule has 0 saturated carbocycles. The molecule has 0 amide bonds. The van der Waals surface area contributed by atoms with Gasteiger partial charge < -0.3 is 4.74 Å². The van der Waals surface area contributed by atoms with Crippen LogP contribution in [0, 0.1) is 13.8 Å². The van der Waals surface area contributed by atoms with E-state index in [2.05, 4.69) is 5.10 Å². The number of aromatic nitrogens is 2. The van der Waals surface area contributed by atoms with Crippen LogP contribution >= 0.6 is 0 Å². The van der Waals surface area contributed by atoms with E-state index in [1.807, 2.05) is 56.3 Å². The van der Waals surface area contributed by atoms with Crippen molar-refractivity contribution in [3.63, 3.8) is 0 Å². The highest BCUT2D eigenvalue weighted by Gasteiger charge is 2.11. The molecule has 0 bridgehead atoms. The van der Waals surface area contributed by atoms with Crippen molar-refractivity contribution in [3.8, 4) is 11.5 Å². The molecule has 1 aromatic heterocycles. The summed E-state index contributed by atoms with van der Waals surface area (Å²) >= 11 is 0. The fourth-order valence-corrected chi connectivity index (χ4v) is 2.38. The standard InChI is InChI=1S/C19H18N2O2/c1-14-4-6-16(7-5-14)23-17-8-9-18(15(2)12-17)19(22)13-21-11-3-10-20-21/h3-12H,13H2,1-2H3. The lowest BCUT2D eigenvalue weighted by atomic mass is 10.0. The summed E-state index contributed by atoms with van der Waals surface area (Å²) in [5.41, 5.74) is 2.77. The molecule has 2 aromatic carbocycles. The monoisotopic (exact) mass is 306 g/mol. The number of nitrogens with zero attached hydrogens (tertiary/aromatic N) is 2. The zero-order valence-corrected chi connectivity index (χ0v) is 13.2. The van der Waals surface area contributed by atoms with Gasteiger partial charge in [-0.2, -0.15) is 5.10 Å². The average Bonchev–Trinajstić information content (AvgIpc) is 3.02. The third kappa shape index (κ3) is 3.66. The van der Waals surface area contributed by atoms with Crippen LogP contribution in [0.3, 0.4) is 0 Å². The molecule has 0 aliphatic carbocycles. The number of carbonyl (C=O) groups excluding carboxylic acids is 1. The number of carbonyl (C=O) groups is 1. The topological polar surface area (TPSA) is 44.1 Å². The first-order valence-corrected chi connectivity index (χ1v) is 7.47. The number of Topliss-reactive ketones (excluding diaryl/α,β-unsaturated/α-hetero) is 1. The molecule has 3 aromatic rings. The van der Waals surface area contributed by atoms with E-state index in [4.69, 9.17) is 4.74 Å². The molecular weight excluding hydrogens is 288 g/mol. The van der Waals surface area contributed by atoms with Gasteiger partial charge in [0.2, 0.25) is 0 Å². The van der Waals surface area contributed by atoms with Gasteiger partial charge in [0.1, 0.15) is 18.0 Å². The molecule has 4 heteroatoms. The molecule has 1 heterocycles. The van der Waals surface area contributed by atoms with Crippen LogP contribution in [-0.2, 0) is 6.54 Å². The number of aryl methyl sites for hydroxylation is 2. The fourth-order valence-electron chi connectivity index (χ4n) is 2.38. The predicted octanol–water partition coefficient (Wildman–Crippen LogP) is 4.18. The first-order chi connectivity index (χ1) is 11.1. The van der Waals surface area contributed by atoms with E-state index < -0.39 is 0 Å². The summed E-state index contributed by atoms with van der Waals surface area (Å²) in [6, 6.07) is 15.2. The van der Waals surface area contributed by atoms with Crippen LogP contribution < -0.4 is 4.74 Å². The van der Waals surface area contributed by atoms with Crippen molar-refractivity contribution in [1.29, 1.82) is 0 Å². The van der Waals surface area contributed by atoms with Crippen LogP contribution in [-0.4, -0.2) is 15.6 Å². The Morgan fingerprint density at radius 1 is 1.09 bits per heavy atom. The maximum Gasteiger partial charge on any atom is 0.184 e. The van der Waals surface area contributed by atoms with Crippen LogP contribution in [0.1, 0.15) is 21.5 Å². The molecule has 0 radical (unpaired) electrons. The lowest BCUT2D eigenvalue weighted by Crippen LogP contribution is -2.12. The molecule has 0 atom stereocenters. The average molecular weight is 306 g/mol. The van der Waals surface area contributed by atoms with E-state index in [0.29, 0.717) is 5.56 Å². The van der Waals surface area contributed by atoms with Gasteiger partial charge in [0.05, 0.1) is 0 Å². The third-order valence-corrected chi connectivity index (χ3v) is 3.62. The second kappa shape index (κ2) is 6.48. The van der Waals surface area contributed by atoms with Crippen LogP contribution in [0.2, 0.25) is 0 Å². The van der Waals surface area contributed by atoms with Crippen LogP contribution in [0.15, 0.2) is 60.9 Å². The van der Waals surface area contributed by atoms with E-state index in [-0.39, 0.29) is 12.3 Å². The summed E-state index contributed by atoms with van der Waals surface area (Å²) < 4.78 is 7.45. The summed E-state index contributed by atoms with van der Waals surface area (Å²) in [6.07, 6.45) is 3.45. The minimum Gasteiger partial charge on any atom is -0.457 e. The van der Waals surface area contributed by atoms with Gasteiger partial charge in [-0.05, 0) is 55.8 Å². The number of benzene rings is 2. The zero-order chi connectivity index (χ0) is 16.2. The van der Waals surface area contributed by atoms with Gasteiger partial charge >= 0.3 is 0 Å². The summed E-state index contributed by atoms with van der Waals surface area (Å²) in [6.45, 7) is 4.19. The lowest BCUT2D eigenvalue weighted by Gasteiger charge is -2.10. The molecule has 3 rings (SSSR count). The Bertz CT molecular complexity index is 806. The summed E-state index contributed by atoms with van der Waals surface area (Å²) in [4.78, 5) is 12.3. The smallest absolute Gasteiger partial charge is 0.184 e. The van der Waals surface area contributed by atoms with Crippen molar-refractivity contribution in [3.05, 3.63) is 77.6 Å². The maximum atomic E-state index is 12.3. The predicted molar refractivity (Wildman–Crippen MR) is 89.0 cm³/mol. The highest BCUT2D eigenvalue weighted by molar-refractivity contribution is 5.97. The molecule has 0 aliphatic heterocycles. The normalized spacial score (nSPS) is 10.5. The minimum atomic E-state index is 0.0353. The van der Waals surface area contributed by atoms with Crippen LogP contribution in [0.5, 0.6) is 11.5 Å². The van der Waals surface area contributed by atoms with Crippen LogP contribution in [0.25, 0.3) is 0 Å². The molecular formula is C19H18N2O2. The van der Waals surface area contributed by atoms with E-state index in [1.165, 1.54) is 5.56 Å². The van der Waals surface area contributed by atoms with Gasteiger partial charge in [-0.1, -0.05) is 17.7 Å². The van der Waals surface area contributed by atoms with Crippen molar-refractivity contribution in [1.82, 2.24) is 9.78 Å². The van der Waals surface area contributed by atoms with Crippen molar-refractivity contribution >= 4 is 5.78 Å². The fraction of sp³-hybridized carbons (Fsp3) is 0.158. The number of hydrogen-bond donors (Lipinski definition) is 0. The molecule has 0 saturated heterocycles. The summed E-state index contributed by atoms with van der Waals surface area (Å²) in [7, 11) is 0. The van der Waals surface area contributed by atoms with Gasteiger partial charge in [-0.15, -0.1) is 0 Å². The quantitative estimate of drug-likeness (QED) is 0.664. The molecule has 0 fully saturated rings. The number of rotatable bonds is 5. The number of hydrogen-bond acceptors (Lipinski definition) is 3. The Balaban J connectivity index is 1.75. The first-order valence-electron chi connectivity index (χ1n) is 7.47. The zero-order valence-electron chi connectivity index (χ0n) is 13.2. The van der Waals surface area contributed by atoms with E-state index in [9.17, 15) is 4.79 Å². The second-order valence-corrected chi connectivity index (χ2v) is 5.52. The van der Waals surface area contributed by atoms with Gasteiger partial charge in [-0.25, -0.2) is 0 Å². The molecule has 0 aliphatic rings. The summed E-state index contributed by atoms with van der Waals surface area (Å²) in [5, 5.41) is 4.06. The van der Waals surface area contributed by atoms with E-state index in [1.54, 1.807) is 23.1 Å². The first kappa shape index (κ1) is 15.0. The summed E-state index contributed by atoms with van der Waals surface area (Å²) in [5.74, 6) is 1.54. The molecule has 0 spiro atoms. The van der Waals surface area contributed by atoms with E-state index >= 15 is 0 Å². The number of ether oxygens (including phenoxy) is 1. The third-order valence-electron chi connectivity index (χ3n) is 3.62. The van der Waals surface area contributed by atoms with Crippen molar-refractivity contribution < 1.29 is 9.53 Å². The number of ketones is 1. The minimum absolute atomic E-state index is 0.0353. The van der Waals surface area contributed by atoms with Crippen molar-refractivity contribution in [2.75, 3.05) is 0 Å². The van der Waals surface area contributed by atoms with Gasteiger partial charge in [0.25, 0.3) is 0 Å². The SMILES string of the molecule is Cc1ccc(Oc2ccc(C(=O)Cn3cccn3)c(C)c2)cc1. The molecule has 116 valence electrons. The van der Waals surface area contributed by atoms with Gasteiger partial charge in [0.15, 0.2) is 5.78 Å².